The van der Waals surface area contributed by atoms with Gasteiger partial charge in [0.05, 0.1) is 6.04 Å². The monoisotopic (exact) mass is 281 g/mol. The van der Waals surface area contributed by atoms with Crippen LogP contribution in [0.2, 0.25) is 0 Å². The Balaban J connectivity index is 1.90. The molecule has 0 spiro atoms. The lowest BCUT2D eigenvalue weighted by atomic mass is 10.0. The zero-order chi connectivity index (χ0) is 14.8. The highest BCUT2D eigenvalue weighted by atomic mass is 16.5. The van der Waals surface area contributed by atoms with Crippen molar-refractivity contribution in [3.63, 3.8) is 0 Å². The lowest BCUT2D eigenvalue weighted by molar-refractivity contribution is 0.335. The molecule has 1 aromatic heterocycles. The van der Waals surface area contributed by atoms with Gasteiger partial charge in [0.15, 0.2) is 0 Å². The molecule has 0 aliphatic rings. The van der Waals surface area contributed by atoms with Gasteiger partial charge in [-0.05, 0) is 29.2 Å². The molecule has 0 aliphatic heterocycles. The van der Waals surface area contributed by atoms with Gasteiger partial charge in [-0.1, -0.05) is 55.4 Å². The second-order valence-corrected chi connectivity index (χ2v) is 5.75. The maximum absolute atomic E-state index is 6.08. The Hall–Kier alpha value is -2.20. The first-order valence-electron chi connectivity index (χ1n) is 7.22. The molecule has 1 atom stereocenters. The van der Waals surface area contributed by atoms with Crippen molar-refractivity contribution in [1.82, 2.24) is 10.1 Å². The van der Waals surface area contributed by atoms with Crippen LogP contribution in [0.1, 0.15) is 32.2 Å². The van der Waals surface area contributed by atoms with Crippen LogP contribution in [0.5, 0.6) is 0 Å². The summed E-state index contributed by atoms with van der Waals surface area (Å²) >= 11 is 0. The number of nitrogens with two attached hydrogens (primary N) is 1. The van der Waals surface area contributed by atoms with Gasteiger partial charge in [0.1, 0.15) is 0 Å². The van der Waals surface area contributed by atoms with E-state index in [0.29, 0.717) is 17.6 Å². The molecule has 0 saturated carbocycles. The Kier molecular flexibility index (Phi) is 3.71. The Bertz CT molecular complexity index is 748. The highest BCUT2D eigenvalue weighted by Crippen LogP contribution is 2.24. The second kappa shape index (κ2) is 5.66. The van der Waals surface area contributed by atoms with E-state index < -0.39 is 0 Å². The molecule has 1 unspecified atom stereocenters. The minimum Gasteiger partial charge on any atom is -0.337 e. The molecule has 4 nitrogen and oxygen atoms in total. The van der Waals surface area contributed by atoms with Crippen LogP contribution in [0.3, 0.4) is 0 Å². The third-order valence-corrected chi connectivity index (χ3v) is 3.49. The van der Waals surface area contributed by atoms with E-state index >= 15 is 0 Å². The third kappa shape index (κ3) is 2.95. The summed E-state index contributed by atoms with van der Waals surface area (Å²) in [6, 6.07) is 14.1. The number of nitrogens with zero attached hydrogens (tertiary/aromatic N) is 2. The largest absolute Gasteiger partial charge is 0.337 e. The van der Waals surface area contributed by atoms with Gasteiger partial charge >= 0.3 is 0 Å². The average molecular weight is 281 g/mol. The highest BCUT2D eigenvalue weighted by Gasteiger charge is 2.16. The van der Waals surface area contributed by atoms with E-state index in [1.165, 1.54) is 5.39 Å². The first-order chi connectivity index (χ1) is 10.1. The molecule has 0 amide bonds. The smallest absolute Gasteiger partial charge is 0.243 e. The maximum atomic E-state index is 6.08. The molecule has 0 bridgehead atoms. The van der Waals surface area contributed by atoms with Gasteiger partial charge in [-0.3, -0.25) is 0 Å². The van der Waals surface area contributed by atoms with E-state index in [2.05, 4.69) is 48.3 Å². The van der Waals surface area contributed by atoms with Crippen molar-refractivity contribution >= 4 is 10.8 Å². The van der Waals surface area contributed by atoms with Crippen LogP contribution in [0, 0.1) is 5.92 Å². The molecule has 21 heavy (non-hydrogen) atoms. The maximum Gasteiger partial charge on any atom is 0.243 e. The van der Waals surface area contributed by atoms with E-state index in [1.807, 2.05) is 18.2 Å². The predicted molar refractivity (Wildman–Crippen MR) is 83.6 cm³/mol. The minimum absolute atomic E-state index is 0.202. The number of rotatable bonds is 4. The van der Waals surface area contributed by atoms with Crippen LogP contribution < -0.4 is 5.73 Å². The summed E-state index contributed by atoms with van der Waals surface area (Å²) in [7, 11) is 0. The number of fused-ring (bicyclic) bond motifs is 1. The van der Waals surface area contributed by atoms with Crippen molar-refractivity contribution in [3.8, 4) is 11.4 Å². The molecule has 3 aromatic rings. The highest BCUT2D eigenvalue weighted by molar-refractivity contribution is 5.86. The zero-order valence-corrected chi connectivity index (χ0v) is 12.3. The number of hydrogen-bond acceptors (Lipinski definition) is 4. The fourth-order valence-corrected chi connectivity index (χ4v) is 2.44. The van der Waals surface area contributed by atoms with Crippen molar-refractivity contribution < 1.29 is 4.52 Å². The third-order valence-electron chi connectivity index (χ3n) is 3.49. The molecule has 0 fully saturated rings. The van der Waals surface area contributed by atoms with Gasteiger partial charge in [-0.25, -0.2) is 0 Å². The summed E-state index contributed by atoms with van der Waals surface area (Å²) in [6.07, 6.45) is 0.833. The van der Waals surface area contributed by atoms with E-state index in [9.17, 15) is 0 Å². The van der Waals surface area contributed by atoms with Gasteiger partial charge in [-0.2, -0.15) is 4.98 Å². The van der Waals surface area contributed by atoms with Gasteiger partial charge < -0.3 is 10.3 Å². The lowest BCUT2D eigenvalue weighted by Crippen LogP contribution is -2.13. The van der Waals surface area contributed by atoms with Crippen molar-refractivity contribution in [2.75, 3.05) is 0 Å². The van der Waals surface area contributed by atoms with Gasteiger partial charge in [0.2, 0.25) is 11.7 Å². The molecule has 2 N–H and O–H groups in total. The summed E-state index contributed by atoms with van der Waals surface area (Å²) in [5.74, 6) is 1.60. The van der Waals surface area contributed by atoms with E-state index in [4.69, 9.17) is 10.3 Å². The predicted octanol–water partition coefficient (Wildman–Crippen LogP) is 3.94. The minimum atomic E-state index is -0.202. The molecule has 0 radical (unpaired) electrons. The van der Waals surface area contributed by atoms with Crippen LogP contribution >= 0.6 is 0 Å². The van der Waals surface area contributed by atoms with E-state index in [-0.39, 0.29) is 6.04 Å². The summed E-state index contributed by atoms with van der Waals surface area (Å²) in [5, 5.41) is 6.41. The fraction of sp³-hybridized carbons (Fsp3) is 0.294. The van der Waals surface area contributed by atoms with Crippen LogP contribution in [0.4, 0.5) is 0 Å². The summed E-state index contributed by atoms with van der Waals surface area (Å²) in [5.41, 5.74) is 7.03. The Labute approximate surface area is 124 Å². The summed E-state index contributed by atoms with van der Waals surface area (Å²) in [4.78, 5) is 4.44. The van der Waals surface area contributed by atoms with E-state index in [0.717, 1.165) is 17.4 Å². The summed E-state index contributed by atoms with van der Waals surface area (Å²) in [6.45, 7) is 4.25. The molecule has 3 rings (SSSR count). The molecule has 1 heterocycles. The standard InChI is InChI=1S/C17H19N3O/c1-11(2)9-15(18)17-19-16(20-21-17)14-8-7-12-5-3-4-6-13(12)10-14/h3-8,10-11,15H,9,18H2,1-2H3. The zero-order valence-electron chi connectivity index (χ0n) is 12.3. The Morgan fingerprint density at radius 3 is 2.62 bits per heavy atom. The number of hydrogen-bond donors (Lipinski definition) is 1. The normalized spacial score (nSPS) is 13.0. The summed E-state index contributed by atoms with van der Waals surface area (Å²) < 4.78 is 5.31. The quantitative estimate of drug-likeness (QED) is 0.786. The van der Waals surface area contributed by atoms with Gasteiger partial charge in [-0.15, -0.1) is 0 Å². The SMILES string of the molecule is CC(C)CC(N)c1nc(-c2ccc3ccccc3c2)no1. The van der Waals surface area contributed by atoms with Gasteiger partial charge in [0.25, 0.3) is 0 Å². The Morgan fingerprint density at radius 2 is 1.86 bits per heavy atom. The molecule has 4 heteroatoms. The van der Waals surface area contributed by atoms with Crippen molar-refractivity contribution in [2.24, 2.45) is 11.7 Å². The second-order valence-electron chi connectivity index (χ2n) is 5.75. The molecule has 2 aromatic carbocycles. The molecule has 108 valence electrons. The van der Waals surface area contributed by atoms with Crippen LogP contribution in [-0.4, -0.2) is 10.1 Å². The first kappa shape index (κ1) is 13.8. The van der Waals surface area contributed by atoms with Crippen molar-refractivity contribution in [1.29, 1.82) is 0 Å². The fourth-order valence-electron chi connectivity index (χ4n) is 2.44. The molecule has 0 aliphatic carbocycles. The van der Waals surface area contributed by atoms with Gasteiger partial charge in [0, 0.05) is 5.56 Å². The average Bonchev–Trinajstić information content (AvgIpc) is 2.96. The molecular formula is C17H19N3O. The van der Waals surface area contributed by atoms with Crippen molar-refractivity contribution in [3.05, 3.63) is 48.4 Å². The lowest BCUT2D eigenvalue weighted by Gasteiger charge is -2.08. The van der Waals surface area contributed by atoms with Crippen LogP contribution in [0.15, 0.2) is 47.0 Å². The molecular weight excluding hydrogens is 262 g/mol. The first-order valence-corrected chi connectivity index (χ1v) is 7.22. The van der Waals surface area contributed by atoms with Crippen LogP contribution in [0.25, 0.3) is 22.2 Å². The number of benzene rings is 2. The van der Waals surface area contributed by atoms with Crippen molar-refractivity contribution in [2.45, 2.75) is 26.3 Å². The number of aromatic nitrogens is 2. The topological polar surface area (TPSA) is 64.9 Å². The van der Waals surface area contributed by atoms with Crippen LogP contribution in [-0.2, 0) is 0 Å². The Morgan fingerprint density at radius 1 is 1.10 bits per heavy atom. The van der Waals surface area contributed by atoms with E-state index in [1.54, 1.807) is 0 Å². The molecule has 0 saturated heterocycles.